The third-order valence-corrected chi connectivity index (χ3v) is 2.54. The largest absolute Gasteiger partial charge is 0.339 e. The Morgan fingerprint density at radius 2 is 1.78 bits per heavy atom. The molecular weight excluding hydrogens is 246 g/mol. The van der Waals surface area contributed by atoms with Gasteiger partial charge in [0.2, 0.25) is 0 Å². The van der Waals surface area contributed by atoms with E-state index in [1.54, 1.807) is 6.20 Å². The normalized spacial score (nSPS) is 9.39. The van der Waals surface area contributed by atoms with E-state index in [1.807, 2.05) is 52.0 Å². The van der Waals surface area contributed by atoms with Crippen LogP contribution >= 0.6 is 11.6 Å². The minimum absolute atomic E-state index is 0.522. The summed E-state index contributed by atoms with van der Waals surface area (Å²) in [5.41, 5.74) is 2.15. The van der Waals surface area contributed by atoms with Crippen LogP contribution < -0.4 is 5.32 Å². The number of aryl methyl sites for hydroxylation is 2. The summed E-state index contributed by atoms with van der Waals surface area (Å²) in [6.07, 6.45) is 1.60. The van der Waals surface area contributed by atoms with E-state index in [2.05, 4.69) is 15.3 Å². The fourth-order valence-corrected chi connectivity index (χ4v) is 1.52. The summed E-state index contributed by atoms with van der Waals surface area (Å²) in [7, 11) is 0. The molecule has 0 bridgehead atoms. The molecule has 0 amide bonds. The fraction of sp³-hybridized carbons (Fsp3) is 0.286. The molecule has 2 rings (SSSR count). The Bertz CT molecular complexity index is 512. The molecule has 0 aliphatic rings. The van der Waals surface area contributed by atoms with Gasteiger partial charge in [0.05, 0.1) is 6.20 Å². The number of rotatable bonds is 2. The van der Waals surface area contributed by atoms with Crippen LogP contribution in [0.5, 0.6) is 0 Å². The van der Waals surface area contributed by atoms with E-state index in [4.69, 9.17) is 11.6 Å². The highest BCUT2D eigenvalue weighted by Crippen LogP contribution is 2.24. The van der Waals surface area contributed by atoms with E-state index < -0.39 is 0 Å². The van der Waals surface area contributed by atoms with E-state index in [0.29, 0.717) is 16.7 Å². The summed E-state index contributed by atoms with van der Waals surface area (Å²) < 4.78 is 0. The molecule has 0 spiro atoms. The van der Waals surface area contributed by atoms with Gasteiger partial charge in [-0.1, -0.05) is 43.6 Å². The number of anilines is 2. The van der Waals surface area contributed by atoms with E-state index in [0.717, 1.165) is 11.3 Å². The number of benzene rings is 1. The molecule has 0 saturated carbocycles. The second-order valence-electron chi connectivity index (χ2n) is 3.55. The highest BCUT2D eigenvalue weighted by molar-refractivity contribution is 6.32. The number of hydrogen-bond donors (Lipinski definition) is 1. The molecule has 1 heterocycles. The monoisotopic (exact) mass is 263 g/mol. The highest BCUT2D eigenvalue weighted by Gasteiger charge is 2.04. The van der Waals surface area contributed by atoms with Crippen molar-refractivity contribution in [1.29, 1.82) is 0 Å². The molecular formula is C14H18ClN3. The summed E-state index contributed by atoms with van der Waals surface area (Å²) in [6, 6.07) is 7.98. The van der Waals surface area contributed by atoms with Crippen molar-refractivity contribution in [2.24, 2.45) is 0 Å². The Morgan fingerprint density at radius 1 is 1.11 bits per heavy atom. The lowest BCUT2D eigenvalue weighted by atomic mass is 10.2. The van der Waals surface area contributed by atoms with Crippen molar-refractivity contribution in [3.8, 4) is 0 Å². The van der Waals surface area contributed by atoms with E-state index in [-0.39, 0.29) is 0 Å². The Kier molecular flexibility index (Phi) is 5.59. The van der Waals surface area contributed by atoms with Crippen LogP contribution in [0.25, 0.3) is 0 Å². The van der Waals surface area contributed by atoms with Gasteiger partial charge in [-0.15, -0.1) is 0 Å². The second-order valence-corrected chi connectivity index (χ2v) is 3.96. The zero-order valence-electron chi connectivity index (χ0n) is 11.2. The fourth-order valence-electron chi connectivity index (χ4n) is 1.38. The molecule has 3 nitrogen and oxygen atoms in total. The van der Waals surface area contributed by atoms with Gasteiger partial charge in [0.15, 0.2) is 5.82 Å². The van der Waals surface area contributed by atoms with Crippen molar-refractivity contribution in [3.63, 3.8) is 0 Å². The van der Waals surface area contributed by atoms with Crippen LogP contribution in [0.4, 0.5) is 11.5 Å². The van der Waals surface area contributed by atoms with Crippen molar-refractivity contribution in [2.45, 2.75) is 27.7 Å². The zero-order valence-corrected chi connectivity index (χ0v) is 11.9. The second kappa shape index (κ2) is 6.97. The molecule has 1 aromatic heterocycles. The van der Waals surface area contributed by atoms with Crippen molar-refractivity contribution in [1.82, 2.24) is 9.97 Å². The summed E-state index contributed by atoms with van der Waals surface area (Å²) in [4.78, 5) is 8.28. The lowest BCUT2D eigenvalue weighted by Gasteiger charge is -2.09. The maximum absolute atomic E-state index is 6.01. The lowest BCUT2D eigenvalue weighted by Crippen LogP contribution is -1.99. The molecule has 0 saturated heterocycles. The number of nitrogens with zero attached hydrogens (tertiary/aromatic N) is 2. The zero-order chi connectivity index (χ0) is 13.5. The first-order chi connectivity index (χ1) is 8.66. The van der Waals surface area contributed by atoms with Crippen LogP contribution in [0.1, 0.15) is 25.2 Å². The van der Waals surface area contributed by atoms with Gasteiger partial charge in [0.1, 0.15) is 10.8 Å². The summed E-state index contributed by atoms with van der Waals surface area (Å²) in [5, 5.41) is 3.72. The number of halogens is 1. The number of aromatic nitrogens is 2. The predicted molar refractivity (Wildman–Crippen MR) is 77.6 cm³/mol. The molecule has 0 aliphatic heterocycles. The van der Waals surface area contributed by atoms with E-state index >= 15 is 0 Å². The average Bonchev–Trinajstić information content (AvgIpc) is 2.39. The summed E-state index contributed by atoms with van der Waals surface area (Å²) in [6.45, 7) is 7.86. The van der Waals surface area contributed by atoms with Crippen molar-refractivity contribution < 1.29 is 0 Å². The van der Waals surface area contributed by atoms with Gasteiger partial charge < -0.3 is 5.32 Å². The SMILES string of the molecule is CC.Cc1ncc(Cl)c(Nc2ccccc2C)n1. The molecule has 1 aromatic carbocycles. The van der Waals surface area contributed by atoms with Crippen LogP contribution in [0.3, 0.4) is 0 Å². The van der Waals surface area contributed by atoms with Crippen molar-refractivity contribution >= 4 is 23.1 Å². The first-order valence-corrected chi connectivity index (χ1v) is 6.36. The first kappa shape index (κ1) is 14.5. The summed E-state index contributed by atoms with van der Waals surface area (Å²) >= 11 is 6.01. The average molecular weight is 264 g/mol. The van der Waals surface area contributed by atoms with Crippen molar-refractivity contribution in [3.05, 3.63) is 46.9 Å². The topological polar surface area (TPSA) is 37.8 Å². The molecule has 0 unspecified atom stereocenters. The van der Waals surface area contributed by atoms with E-state index in [9.17, 15) is 0 Å². The predicted octanol–water partition coefficient (Wildman–Crippen LogP) is 4.52. The van der Waals surface area contributed by atoms with Crippen LogP contribution in [-0.2, 0) is 0 Å². The molecule has 0 aliphatic carbocycles. The van der Waals surface area contributed by atoms with Gasteiger partial charge in [0.25, 0.3) is 0 Å². The quantitative estimate of drug-likeness (QED) is 0.866. The van der Waals surface area contributed by atoms with Crippen molar-refractivity contribution in [2.75, 3.05) is 5.32 Å². The smallest absolute Gasteiger partial charge is 0.152 e. The Labute approximate surface area is 113 Å². The minimum atomic E-state index is 0.522. The van der Waals surface area contributed by atoms with Gasteiger partial charge in [-0.05, 0) is 25.5 Å². The molecule has 0 fully saturated rings. The minimum Gasteiger partial charge on any atom is -0.339 e. The van der Waals surface area contributed by atoms with E-state index in [1.165, 1.54) is 0 Å². The Morgan fingerprint density at radius 3 is 2.44 bits per heavy atom. The van der Waals surface area contributed by atoms with Gasteiger partial charge in [-0.2, -0.15) is 0 Å². The molecule has 4 heteroatoms. The van der Waals surface area contributed by atoms with Gasteiger partial charge in [-0.25, -0.2) is 9.97 Å². The van der Waals surface area contributed by atoms with Crippen LogP contribution in [0.15, 0.2) is 30.5 Å². The molecule has 2 aromatic rings. The van der Waals surface area contributed by atoms with Gasteiger partial charge in [-0.3, -0.25) is 0 Å². The van der Waals surface area contributed by atoms with Gasteiger partial charge >= 0.3 is 0 Å². The molecule has 96 valence electrons. The number of nitrogens with one attached hydrogen (secondary N) is 1. The van der Waals surface area contributed by atoms with Crippen LogP contribution in [0.2, 0.25) is 5.02 Å². The van der Waals surface area contributed by atoms with Gasteiger partial charge in [0, 0.05) is 5.69 Å². The first-order valence-electron chi connectivity index (χ1n) is 5.98. The third-order valence-electron chi connectivity index (χ3n) is 2.26. The molecule has 18 heavy (non-hydrogen) atoms. The maximum atomic E-state index is 6.01. The Hall–Kier alpha value is -1.61. The molecule has 1 N–H and O–H groups in total. The standard InChI is InChI=1S/C12H12ClN3.C2H6/c1-8-5-3-4-6-11(8)16-12-10(13)7-14-9(2)15-12;1-2/h3-7H,1-2H3,(H,14,15,16);1-2H3. The molecule has 0 atom stereocenters. The van der Waals surface area contributed by atoms with Crippen LogP contribution in [-0.4, -0.2) is 9.97 Å². The lowest BCUT2D eigenvalue weighted by molar-refractivity contribution is 1.06. The molecule has 0 radical (unpaired) electrons. The third kappa shape index (κ3) is 3.70. The maximum Gasteiger partial charge on any atom is 0.152 e. The summed E-state index contributed by atoms with van der Waals surface area (Å²) in [5.74, 6) is 1.34. The number of hydrogen-bond acceptors (Lipinski definition) is 3. The van der Waals surface area contributed by atoms with Crippen LogP contribution in [0, 0.1) is 13.8 Å². The Balaban J connectivity index is 0.000000771. The number of para-hydroxylation sites is 1. The highest BCUT2D eigenvalue weighted by atomic mass is 35.5.